The third-order valence-corrected chi connectivity index (χ3v) is 2.89. The molecule has 0 fully saturated rings. The normalized spacial score (nSPS) is 24.8. The summed E-state index contributed by atoms with van der Waals surface area (Å²) < 4.78 is 0. The van der Waals surface area contributed by atoms with Crippen molar-refractivity contribution in [3.05, 3.63) is 35.4 Å². The van der Waals surface area contributed by atoms with Gasteiger partial charge in [-0.2, -0.15) is 0 Å². The van der Waals surface area contributed by atoms with Gasteiger partial charge in [-0.25, -0.2) is 0 Å². The molecular weight excluding hydrogens is 192 g/mol. The van der Waals surface area contributed by atoms with Crippen LogP contribution in [-0.4, -0.2) is 16.7 Å². The quantitative estimate of drug-likeness (QED) is 0.754. The van der Waals surface area contributed by atoms with Gasteiger partial charge in [0.25, 0.3) is 0 Å². The Balaban J connectivity index is 2.48. The molecule has 0 aromatic heterocycles. The van der Waals surface area contributed by atoms with E-state index in [9.17, 15) is 14.7 Å². The molecule has 1 aliphatic rings. The maximum atomic E-state index is 11.7. The van der Waals surface area contributed by atoms with Crippen molar-refractivity contribution in [1.29, 1.82) is 0 Å². The predicted octanol–water partition coefficient (Wildman–Crippen LogP) is 1.51. The van der Waals surface area contributed by atoms with Gasteiger partial charge in [0, 0.05) is 12.0 Å². The van der Waals surface area contributed by atoms with E-state index in [0.717, 1.165) is 0 Å². The Bertz CT molecular complexity index is 423. The van der Waals surface area contributed by atoms with Crippen LogP contribution < -0.4 is 0 Å². The Kier molecular flexibility index (Phi) is 2.40. The minimum Gasteiger partial charge on any atom is -0.388 e. The lowest BCUT2D eigenvalue weighted by Gasteiger charge is -2.27. The molecule has 78 valence electrons. The van der Waals surface area contributed by atoms with Crippen LogP contribution in [0.25, 0.3) is 0 Å². The van der Waals surface area contributed by atoms with Gasteiger partial charge in [0.05, 0.1) is 12.0 Å². The van der Waals surface area contributed by atoms with E-state index >= 15 is 0 Å². The van der Waals surface area contributed by atoms with Gasteiger partial charge in [-0.1, -0.05) is 24.3 Å². The minimum atomic E-state index is -0.837. The molecule has 0 aliphatic heterocycles. The molecule has 1 aromatic carbocycles. The summed E-state index contributed by atoms with van der Waals surface area (Å²) in [7, 11) is 0. The summed E-state index contributed by atoms with van der Waals surface area (Å²) in [6, 6.07) is 6.92. The summed E-state index contributed by atoms with van der Waals surface area (Å²) >= 11 is 0. The highest BCUT2D eigenvalue weighted by Crippen LogP contribution is 2.34. The smallest absolute Gasteiger partial charge is 0.164 e. The fraction of sp³-hybridized carbons (Fsp3) is 0.333. The van der Waals surface area contributed by atoms with Crippen molar-refractivity contribution >= 4 is 11.6 Å². The molecule has 0 amide bonds. The summed E-state index contributed by atoms with van der Waals surface area (Å²) in [4.78, 5) is 22.9. The van der Waals surface area contributed by atoms with E-state index in [0.29, 0.717) is 11.1 Å². The van der Waals surface area contributed by atoms with E-state index in [1.165, 1.54) is 6.92 Å². The van der Waals surface area contributed by atoms with Gasteiger partial charge < -0.3 is 5.11 Å². The molecule has 0 spiro atoms. The number of aliphatic hydroxyl groups excluding tert-OH is 1. The van der Waals surface area contributed by atoms with Gasteiger partial charge in [0.15, 0.2) is 5.78 Å². The number of carbonyl (C=O) groups is 2. The van der Waals surface area contributed by atoms with Gasteiger partial charge in [-0.15, -0.1) is 0 Å². The zero-order chi connectivity index (χ0) is 11.0. The lowest BCUT2D eigenvalue weighted by atomic mass is 9.79. The Morgan fingerprint density at radius 3 is 2.73 bits per heavy atom. The van der Waals surface area contributed by atoms with E-state index < -0.39 is 12.0 Å². The lowest BCUT2D eigenvalue weighted by Crippen LogP contribution is -2.29. The highest BCUT2D eigenvalue weighted by atomic mass is 16.3. The average Bonchev–Trinajstić information content (AvgIpc) is 2.23. The van der Waals surface area contributed by atoms with Crippen molar-refractivity contribution in [2.24, 2.45) is 5.92 Å². The van der Waals surface area contributed by atoms with Crippen molar-refractivity contribution in [2.75, 3.05) is 0 Å². The molecule has 1 aliphatic carbocycles. The topological polar surface area (TPSA) is 54.4 Å². The molecule has 0 unspecified atom stereocenters. The second kappa shape index (κ2) is 3.59. The van der Waals surface area contributed by atoms with E-state index in [1.807, 2.05) is 0 Å². The molecule has 0 saturated heterocycles. The highest BCUT2D eigenvalue weighted by molar-refractivity contribution is 6.01. The van der Waals surface area contributed by atoms with Crippen LogP contribution in [0.4, 0.5) is 0 Å². The largest absolute Gasteiger partial charge is 0.388 e. The number of hydrogen-bond donors (Lipinski definition) is 1. The number of hydrogen-bond acceptors (Lipinski definition) is 3. The van der Waals surface area contributed by atoms with Crippen molar-refractivity contribution < 1.29 is 14.7 Å². The Labute approximate surface area is 87.7 Å². The number of carbonyl (C=O) groups excluding carboxylic acids is 2. The first-order valence-electron chi connectivity index (χ1n) is 4.92. The lowest BCUT2D eigenvalue weighted by molar-refractivity contribution is -0.124. The molecule has 3 heteroatoms. The Morgan fingerprint density at radius 2 is 2.07 bits per heavy atom. The monoisotopic (exact) mass is 204 g/mol. The van der Waals surface area contributed by atoms with Crippen LogP contribution in [0.3, 0.4) is 0 Å². The van der Waals surface area contributed by atoms with Crippen LogP contribution >= 0.6 is 0 Å². The summed E-state index contributed by atoms with van der Waals surface area (Å²) in [6.07, 6.45) is -0.718. The first-order valence-corrected chi connectivity index (χ1v) is 4.92. The molecule has 1 N–H and O–H groups in total. The summed E-state index contributed by atoms with van der Waals surface area (Å²) in [5, 5.41) is 9.94. The molecule has 0 heterocycles. The number of aliphatic hydroxyl groups is 1. The van der Waals surface area contributed by atoms with E-state index in [4.69, 9.17) is 0 Å². The molecular formula is C12H12O3. The fourth-order valence-corrected chi connectivity index (χ4v) is 2.01. The standard InChI is InChI=1S/C12H12O3/c1-7(13)10-6-11(14)8-4-2-3-5-9(8)12(10)15/h2-5,10,12,15H,6H2,1H3/t10-,12+/m1/s1. The molecule has 2 rings (SSSR count). The van der Waals surface area contributed by atoms with E-state index in [2.05, 4.69) is 0 Å². The van der Waals surface area contributed by atoms with Gasteiger partial charge in [0.1, 0.15) is 5.78 Å². The second-order valence-corrected chi connectivity index (χ2v) is 3.88. The van der Waals surface area contributed by atoms with E-state index in [-0.39, 0.29) is 18.0 Å². The number of benzene rings is 1. The number of ketones is 2. The van der Waals surface area contributed by atoms with Crippen molar-refractivity contribution in [3.8, 4) is 0 Å². The van der Waals surface area contributed by atoms with Crippen LogP contribution in [-0.2, 0) is 4.79 Å². The highest BCUT2D eigenvalue weighted by Gasteiger charge is 2.34. The average molecular weight is 204 g/mol. The molecule has 0 saturated carbocycles. The van der Waals surface area contributed by atoms with Gasteiger partial charge in [0.2, 0.25) is 0 Å². The van der Waals surface area contributed by atoms with Gasteiger partial charge in [-0.3, -0.25) is 9.59 Å². The number of Topliss-reactive ketones (excluding diaryl/α,β-unsaturated/α-hetero) is 2. The summed E-state index contributed by atoms with van der Waals surface area (Å²) in [5.41, 5.74) is 1.12. The first kappa shape index (κ1) is 10.1. The van der Waals surface area contributed by atoms with E-state index in [1.54, 1.807) is 24.3 Å². The maximum absolute atomic E-state index is 11.7. The molecule has 2 atom stereocenters. The van der Waals surface area contributed by atoms with Crippen LogP contribution in [0.15, 0.2) is 24.3 Å². The minimum absolute atomic E-state index is 0.0592. The zero-order valence-electron chi connectivity index (χ0n) is 8.43. The number of fused-ring (bicyclic) bond motifs is 1. The van der Waals surface area contributed by atoms with Crippen LogP contribution in [0, 0.1) is 5.92 Å². The maximum Gasteiger partial charge on any atom is 0.164 e. The third-order valence-electron chi connectivity index (χ3n) is 2.89. The van der Waals surface area contributed by atoms with Crippen LogP contribution in [0.2, 0.25) is 0 Å². The Morgan fingerprint density at radius 1 is 1.40 bits per heavy atom. The molecule has 1 aromatic rings. The molecule has 15 heavy (non-hydrogen) atoms. The Hall–Kier alpha value is -1.48. The summed E-state index contributed by atoms with van der Waals surface area (Å²) in [5.74, 6) is -0.770. The third kappa shape index (κ3) is 1.59. The molecule has 0 bridgehead atoms. The van der Waals surface area contributed by atoms with Gasteiger partial charge >= 0.3 is 0 Å². The van der Waals surface area contributed by atoms with Crippen molar-refractivity contribution in [3.63, 3.8) is 0 Å². The van der Waals surface area contributed by atoms with Crippen LogP contribution in [0.1, 0.15) is 35.4 Å². The van der Waals surface area contributed by atoms with Crippen molar-refractivity contribution in [2.45, 2.75) is 19.4 Å². The van der Waals surface area contributed by atoms with Crippen LogP contribution in [0.5, 0.6) is 0 Å². The van der Waals surface area contributed by atoms with Crippen molar-refractivity contribution in [1.82, 2.24) is 0 Å². The SMILES string of the molecule is CC(=O)[C@H]1CC(=O)c2ccccc2[C@@H]1O. The zero-order valence-corrected chi connectivity index (χ0v) is 8.43. The molecule has 0 radical (unpaired) electrons. The fourth-order valence-electron chi connectivity index (χ4n) is 2.01. The first-order chi connectivity index (χ1) is 7.11. The predicted molar refractivity (Wildman–Crippen MR) is 54.5 cm³/mol. The molecule has 3 nitrogen and oxygen atoms in total. The van der Waals surface area contributed by atoms with Gasteiger partial charge in [-0.05, 0) is 12.5 Å². The summed E-state index contributed by atoms with van der Waals surface area (Å²) in [6.45, 7) is 1.41. The number of rotatable bonds is 1. The second-order valence-electron chi connectivity index (χ2n) is 3.88.